The molecule has 0 bridgehead atoms. The Morgan fingerprint density at radius 1 is 1.25 bits per heavy atom. The summed E-state index contributed by atoms with van der Waals surface area (Å²) < 4.78 is 6.01. The Bertz CT molecular complexity index is 569. The zero-order valence-corrected chi connectivity index (χ0v) is 12.5. The van der Waals surface area contributed by atoms with E-state index in [2.05, 4.69) is 36.2 Å². The van der Waals surface area contributed by atoms with Crippen molar-refractivity contribution in [3.05, 3.63) is 35.6 Å². The molecule has 20 heavy (non-hydrogen) atoms. The van der Waals surface area contributed by atoms with Gasteiger partial charge in [-0.2, -0.15) is 0 Å². The van der Waals surface area contributed by atoms with E-state index in [1.54, 1.807) is 0 Å². The molecular weight excluding hydrogens is 248 g/mol. The molecule has 1 aliphatic rings. The van der Waals surface area contributed by atoms with E-state index >= 15 is 0 Å². The first-order chi connectivity index (χ1) is 9.75. The first-order valence-electron chi connectivity index (χ1n) is 7.69. The second-order valence-corrected chi connectivity index (χ2v) is 5.81. The molecule has 1 atom stereocenters. The lowest BCUT2D eigenvalue weighted by Crippen LogP contribution is -2.31. The number of aryl methyl sites for hydroxylation is 1. The van der Waals surface area contributed by atoms with Gasteiger partial charge in [0.15, 0.2) is 0 Å². The number of nitrogens with one attached hydrogen (secondary N) is 1. The maximum Gasteiger partial charge on any atom is 0.134 e. The molecule has 3 nitrogen and oxygen atoms in total. The number of nitrogens with zero attached hydrogens (tertiary/aromatic N) is 1. The molecule has 0 radical (unpaired) electrons. The fraction of sp³-hybridized carbons (Fsp3) is 0.529. The van der Waals surface area contributed by atoms with Crippen LogP contribution in [0.4, 0.5) is 0 Å². The molecule has 2 heterocycles. The van der Waals surface area contributed by atoms with Gasteiger partial charge in [0.25, 0.3) is 0 Å². The third-order valence-corrected chi connectivity index (χ3v) is 4.35. The van der Waals surface area contributed by atoms with Crippen LogP contribution in [0.1, 0.15) is 37.1 Å². The molecule has 0 amide bonds. The van der Waals surface area contributed by atoms with Gasteiger partial charge >= 0.3 is 0 Å². The number of hydrogen-bond donors (Lipinski definition) is 1. The van der Waals surface area contributed by atoms with Crippen molar-refractivity contribution in [2.24, 2.45) is 0 Å². The molecule has 0 spiro atoms. The highest BCUT2D eigenvalue weighted by atomic mass is 16.3. The highest BCUT2D eigenvalue weighted by molar-refractivity contribution is 5.82. The summed E-state index contributed by atoms with van der Waals surface area (Å²) in [5.74, 6) is 1.08. The molecule has 3 rings (SSSR count). The maximum atomic E-state index is 6.01. The molecule has 1 saturated heterocycles. The topological polar surface area (TPSA) is 28.4 Å². The predicted molar refractivity (Wildman–Crippen MR) is 83.0 cm³/mol. The summed E-state index contributed by atoms with van der Waals surface area (Å²) in [6, 6.07) is 8.54. The lowest BCUT2D eigenvalue weighted by molar-refractivity contribution is 0.324. The Labute approximate surface area is 120 Å². The van der Waals surface area contributed by atoms with E-state index in [1.807, 2.05) is 12.1 Å². The van der Waals surface area contributed by atoms with Crippen molar-refractivity contribution in [3.8, 4) is 0 Å². The van der Waals surface area contributed by atoms with Crippen molar-refractivity contribution in [2.75, 3.05) is 26.2 Å². The lowest BCUT2D eigenvalue weighted by Gasteiger charge is -2.17. The first kappa shape index (κ1) is 13.7. The monoisotopic (exact) mass is 272 g/mol. The Hall–Kier alpha value is -1.32. The van der Waals surface area contributed by atoms with E-state index in [1.165, 1.54) is 36.9 Å². The minimum atomic E-state index is 0.269. The van der Waals surface area contributed by atoms with Crippen molar-refractivity contribution in [3.63, 3.8) is 0 Å². The fourth-order valence-corrected chi connectivity index (χ4v) is 3.14. The molecule has 2 aromatic rings. The Balaban J connectivity index is 1.62. The number of benzene rings is 1. The lowest BCUT2D eigenvalue weighted by atomic mass is 10.1. The zero-order chi connectivity index (χ0) is 13.9. The predicted octanol–water partition coefficient (Wildman–Crippen LogP) is 3.49. The number of rotatable bonds is 5. The summed E-state index contributed by atoms with van der Waals surface area (Å²) in [6.45, 7) is 9.04. The average molecular weight is 272 g/mol. The maximum absolute atomic E-state index is 6.01. The average Bonchev–Trinajstić information content (AvgIpc) is 3.08. The van der Waals surface area contributed by atoms with Gasteiger partial charge in [-0.3, -0.25) is 0 Å². The summed E-state index contributed by atoms with van der Waals surface area (Å²) in [6.07, 6.45) is 2.72. The minimum Gasteiger partial charge on any atom is -0.459 e. The fourth-order valence-electron chi connectivity index (χ4n) is 3.14. The van der Waals surface area contributed by atoms with Gasteiger partial charge in [0.05, 0.1) is 6.04 Å². The van der Waals surface area contributed by atoms with Crippen molar-refractivity contribution in [1.29, 1.82) is 0 Å². The van der Waals surface area contributed by atoms with E-state index in [0.29, 0.717) is 0 Å². The molecule has 3 heteroatoms. The van der Waals surface area contributed by atoms with Crippen molar-refractivity contribution < 1.29 is 4.42 Å². The van der Waals surface area contributed by atoms with Gasteiger partial charge < -0.3 is 14.6 Å². The number of fused-ring (bicyclic) bond motifs is 1. The third-order valence-electron chi connectivity index (χ3n) is 4.35. The van der Waals surface area contributed by atoms with Crippen LogP contribution in [0.3, 0.4) is 0 Å². The second-order valence-electron chi connectivity index (χ2n) is 5.81. The van der Waals surface area contributed by atoms with Crippen LogP contribution < -0.4 is 5.32 Å². The Morgan fingerprint density at radius 3 is 2.75 bits per heavy atom. The quantitative estimate of drug-likeness (QED) is 0.903. The molecule has 0 saturated carbocycles. The summed E-state index contributed by atoms with van der Waals surface area (Å²) in [7, 11) is 0. The highest BCUT2D eigenvalue weighted by Gasteiger charge is 2.16. The van der Waals surface area contributed by atoms with E-state index in [9.17, 15) is 0 Å². The van der Waals surface area contributed by atoms with Crippen LogP contribution in [0.5, 0.6) is 0 Å². The Kier molecular flexibility index (Phi) is 4.08. The van der Waals surface area contributed by atoms with Crippen LogP contribution in [0.15, 0.2) is 28.7 Å². The smallest absolute Gasteiger partial charge is 0.134 e. The van der Waals surface area contributed by atoms with E-state index < -0.39 is 0 Å². The summed E-state index contributed by atoms with van der Waals surface area (Å²) in [5.41, 5.74) is 2.26. The second kappa shape index (κ2) is 5.98. The van der Waals surface area contributed by atoms with Crippen LogP contribution in [0, 0.1) is 6.92 Å². The van der Waals surface area contributed by atoms with Crippen molar-refractivity contribution in [1.82, 2.24) is 10.2 Å². The van der Waals surface area contributed by atoms with Gasteiger partial charge in [-0.15, -0.1) is 0 Å². The molecule has 1 fully saturated rings. The standard InChI is InChI=1S/C17H24N2O/c1-13-15-7-3-4-8-16(15)20-17(13)14(2)18-9-12-19-10-5-6-11-19/h3-4,7-8,14,18H,5-6,9-12H2,1-2H3. The number of para-hydroxylation sites is 1. The van der Waals surface area contributed by atoms with Crippen molar-refractivity contribution in [2.45, 2.75) is 32.7 Å². The Morgan fingerprint density at radius 2 is 2.00 bits per heavy atom. The normalized spacial score (nSPS) is 17.9. The summed E-state index contributed by atoms with van der Waals surface area (Å²) in [5, 5.41) is 4.82. The molecule has 1 aromatic heterocycles. The number of hydrogen-bond acceptors (Lipinski definition) is 3. The summed E-state index contributed by atoms with van der Waals surface area (Å²) >= 11 is 0. The van der Waals surface area contributed by atoms with Crippen LogP contribution in [0.25, 0.3) is 11.0 Å². The van der Waals surface area contributed by atoms with E-state index in [0.717, 1.165) is 24.4 Å². The van der Waals surface area contributed by atoms with Crippen LogP contribution in [-0.2, 0) is 0 Å². The number of furan rings is 1. The van der Waals surface area contributed by atoms with E-state index in [4.69, 9.17) is 4.42 Å². The number of likely N-dealkylation sites (tertiary alicyclic amines) is 1. The SMILES string of the molecule is Cc1c(C(C)NCCN2CCCC2)oc2ccccc12. The summed E-state index contributed by atoms with van der Waals surface area (Å²) in [4.78, 5) is 2.53. The molecule has 108 valence electrons. The van der Waals surface area contributed by atoms with Gasteiger partial charge in [0.2, 0.25) is 0 Å². The zero-order valence-electron chi connectivity index (χ0n) is 12.5. The first-order valence-corrected chi connectivity index (χ1v) is 7.69. The van der Waals surface area contributed by atoms with Gasteiger partial charge in [-0.25, -0.2) is 0 Å². The van der Waals surface area contributed by atoms with E-state index in [-0.39, 0.29) is 6.04 Å². The van der Waals surface area contributed by atoms with Crippen molar-refractivity contribution >= 4 is 11.0 Å². The van der Waals surface area contributed by atoms with Gasteiger partial charge in [-0.05, 0) is 51.4 Å². The molecule has 1 N–H and O–H groups in total. The van der Waals surface area contributed by atoms with Gasteiger partial charge in [0.1, 0.15) is 11.3 Å². The third kappa shape index (κ3) is 2.74. The van der Waals surface area contributed by atoms with Crippen LogP contribution in [0.2, 0.25) is 0 Å². The van der Waals surface area contributed by atoms with Crippen LogP contribution >= 0.6 is 0 Å². The highest BCUT2D eigenvalue weighted by Crippen LogP contribution is 2.28. The molecular formula is C17H24N2O. The van der Waals surface area contributed by atoms with Gasteiger partial charge in [-0.1, -0.05) is 18.2 Å². The van der Waals surface area contributed by atoms with Crippen LogP contribution in [-0.4, -0.2) is 31.1 Å². The molecule has 1 unspecified atom stereocenters. The molecule has 1 aliphatic heterocycles. The minimum absolute atomic E-state index is 0.269. The molecule has 1 aromatic carbocycles. The van der Waals surface area contributed by atoms with Gasteiger partial charge in [0, 0.05) is 18.5 Å². The molecule has 0 aliphatic carbocycles. The largest absolute Gasteiger partial charge is 0.459 e.